The lowest BCUT2D eigenvalue weighted by atomic mass is 10.0. The van der Waals surface area contributed by atoms with Gasteiger partial charge in [0, 0.05) is 18.4 Å². The normalized spacial score (nSPS) is 8.76. The largest absolute Gasteiger partial charge is 0.294 e. The second-order valence-corrected chi connectivity index (χ2v) is 3.40. The fraction of sp³-hybridized carbons (Fsp3) is 0.200. The molecule has 0 atom stereocenters. The van der Waals surface area contributed by atoms with Crippen molar-refractivity contribution in [3.8, 4) is 37.0 Å². The predicted molar refractivity (Wildman–Crippen MR) is 67.1 cm³/mol. The summed E-state index contributed by atoms with van der Waals surface area (Å²) in [7, 11) is 0. The first-order chi connectivity index (χ1) is 8.21. The van der Waals surface area contributed by atoms with Gasteiger partial charge in [-0.15, -0.1) is 25.2 Å². The quantitative estimate of drug-likeness (QED) is 0.442. The number of carbonyl (C=O) groups excluding carboxylic acids is 1. The Kier molecular flexibility index (Phi) is 4.56. The summed E-state index contributed by atoms with van der Waals surface area (Å²) in [5.41, 5.74) is 1.25. The maximum absolute atomic E-state index is 11.8. The zero-order chi connectivity index (χ0) is 12.7. The summed E-state index contributed by atoms with van der Waals surface area (Å²) in [6.45, 7) is 0. The number of terminal acetylenes is 3. The lowest BCUT2D eigenvalue weighted by molar-refractivity contribution is 0.0980. The first-order valence-corrected chi connectivity index (χ1v) is 5.13. The first-order valence-electron chi connectivity index (χ1n) is 5.13. The van der Waals surface area contributed by atoms with Gasteiger partial charge in [0.1, 0.15) is 11.4 Å². The van der Waals surface area contributed by atoms with Crippen LogP contribution >= 0.6 is 0 Å². The minimum absolute atomic E-state index is 0.0179. The molecule has 1 aromatic rings. The van der Waals surface area contributed by atoms with Crippen molar-refractivity contribution in [3.05, 3.63) is 29.1 Å². The maximum Gasteiger partial charge on any atom is 0.163 e. The molecule has 0 aliphatic heterocycles. The van der Waals surface area contributed by atoms with Crippen molar-refractivity contribution in [3.63, 3.8) is 0 Å². The Morgan fingerprint density at radius 2 is 1.76 bits per heavy atom. The van der Waals surface area contributed by atoms with Crippen molar-refractivity contribution in [1.29, 1.82) is 0 Å². The molecule has 0 unspecified atom stereocenters. The van der Waals surface area contributed by atoms with Crippen LogP contribution in [0.2, 0.25) is 0 Å². The smallest absolute Gasteiger partial charge is 0.163 e. The fourth-order valence-corrected chi connectivity index (χ4v) is 1.33. The average Bonchev–Trinajstić information content (AvgIpc) is 2.38. The van der Waals surface area contributed by atoms with Crippen LogP contribution in [0.4, 0.5) is 0 Å². The number of hydrogen-bond donors (Lipinski definition) is 0. The molecule has 0 aromatic carbocycles. The van der Waals surface area contributed by atoms with Crippen molar-refractivity contribution in [1.82, 2.24) is 4.98 Å². The van der Waals surface area contributed by atoms with E-state index in [9.17, 15) is 4.79 Å². The van der Waals surface area contributed by atoms with Crippen molar-refractivity contribution >= 4 is 5.78 Å². The monoisotopic (exact) mass is 221 g/mol. The van der Waals surface area contributed by atoms with E-state index in [4.69, 9.17) is 19.3 Å². The summed E-state index contributed by atoms with van der Waals surface area (Å²) in [4.78, 5) is 15.8. The Hall–Kier alpha value is -2.50. The molecule has 0 aliphatic carbocycles. The van der Waals surface area contributed by atoms with Gasteiger partial charge in [0.2, 0.25) is 0 Å². The molecule has 0 saturated heterocycles. The van der Waals surface area contributed by atoms with Gasteiger partial charge < -0.3 is 0 Å². The molecule has 17 heavy (non-hydrogen) atoms. The summed E-state index contributed by atoms with van der Waals surface area (Å²) in [6.07, 6.45) is 17.2. The summed E-state index contributed by atoms with van der Waals surface area (Å²) in [6, 6.07) is 3.14. The number of pyridine rings is 1. The van der Waals surface area contributed by atoms with E-state index in [0.717, 1.165) is 0 Å². The van der Waals surface area contributed by atoms with Crippen LogP contribution in [0.25, 0.3) is 0 Å². The van der Waals surface area contributed by atoms with Crippen molar-refractivity contribution in [2.75, 3.05) is 0 Å². The molecule has 1 rings (SSSR count). The molecule has 0 aliphatic rings. The second-order valence-electron chi connectivity index (χ2n) is 3.40. The fourth-order valence-electron chi connectivity index (χ4n) is 1.33. The van der Waals surface area contributed by atoms with Crippen LogP contribution in [0, 0.1) is 37.0 Å². The lowest BCUT2D eigenvalue weighted by Gasteiger charge is -2.01. The van der Waals surface area contributed by atoms with Gasteiger partial charge in [-0.25, -0.2) is 4.98 Å². The molecule has 1 heterocycles. The molecule has 0 N–H and O–H groups in total. The highest BCUT2D eigenvalue weighted by Gasteiger charge is 2.08. The third kappa shape index (κ3) is 3.53. The molecule has 1 aromatic heterocycles. The Morgan fingerprint density at radius 3 is 2.24 bits per heavy atom. The zero-order valence-corrected chi connectivity index (χ0v) is 9.36. The second kappa shape index (κ2) is 6.16. The SMILES string of the molecule is C#CCCCC(=O)c1cc(C#C)nc(C#C)c1. The van der Waals surface area contributed by atoms with E-state index in [1.165, 1.54) is 0 Å². The highest BCUT2D eigenvalue weighted by molar-refractivity contribution is 5.96. The molecule has 0 bridgehead atoms. The van der Waals surface area contributed by atoms with E-state index >= 15 is 0 Å². The number of unbranched alkanes of at least 4 members (excludes halogenated alkanes) is 1. The van der Waals surface area contributed by atoms with E-state index in [1.807, 2.05) is 0 Å². The van der Waals surface area contributed by atoms with Crippen LogP contribution in [-0.4, -0.2) is 10.8 Å². The van der Waals surface area contributed by atoms with E-state index in [-0.39, 0.29) is 5.78 Å². The molecule has 0 spiro atoms. The standard InChI is InChI=1S/C15H11NO/c1-4-7-8-9-15(17)12-10-13(5-2)16-14(6-3)11-12/h1-3,10-11H,7-9H2. The Balaban J connectivity index is 2.91. The van der Waals surface area contributed by atoms with Crippen LogP contribution in [-0.2, 0) is 0 Å². The minimum atomic E-state index is -0.0179. The minimum Gasteiger partial charge on any atom is -0.294 e. The molecule has 0 amide bonds. The van der Waals surface area contributed by atoms with Gasteiger partial charge in [0.25, 0.3) is 0 Å². The van der Waals surface area contributed by atoms with E-state index in [0.29, 0.717) is 36.2 Å². The zero-order valence-electron chi connectivity index (χ0n) is 9.36. The van der Waals surface area contributed by atoms with E-state index in [2.05, 4.69) is 22.7 Å². The Morgan fingerprint density at radius 1 is 1.18 bits per heavy atom. The summed E-state index contributed by atoms with van der Waals surface area (Å²) in [5.74, 6) is 7.22. The van der Waals surface area contributed by atoms with Gasteiger partial charge >= 0.3 is 0 Å². The van der Waals surface area contributed by atoms with Gasteiger partial charge in [-0.3, -0.25) is 4.79 Å². The summed E-state index contributed by atoms with van der Waals surface area (Å²) >= 11 is 0. The van der Waals surface area contributed by atoms with Gasteiger partial charge in [0.15, 0.2) is 5.78 Å². The van der Waals surface area contributed by atoms with E-state index in [1.54, 1.807) is 12.1 Å². The van der Waals surface area contributed by atoms with Gasteiger partial charge in [-0.05, 0) is 18.6 Å². The maximum atomic E-state index is 11.8. The first kappa shape index (κ1) is 12.6. The lowest BCUT2D eigenvalue weighted by Crippen LogP contribution is -2.02. The van der Waals surface area contributed by atoms with Gasteiger partial charge in [0.05, 0.1) is 0 Å². The molecule has 2 nitrogen and oxygen atoms in total. The predicted octanol–water partition coefficient (Wildman–Crippen LogP) is 2.03. The van der Waals surface area contributed by atoms with Crippen LogP contribution in [0.3, 0.4) is 0 Å². The number of aromatic nitrogens is 1. The van der Waals surface area contributed by atoms with E-state index < -0.39 is 0 Å². The van der Waals surface area contributed by atoms with Crippen LogP contribution in [0.1, 0.15) is 41.0 Å². The molecule has 0 radical (unpaired) electrons. The number of ketones is 1. The Bertz CT molecular complexity index is 518. The average molecular weight is 221 g/mol. The topological polar surface area (TPSA) is 30.0 Å². The number of Topliss-reactive ketones (excluding diaryl/α,β-unsaturated/α-hetero) is 1. The van der Waals surface area contributed by atoms with Crippen LogP contribution in [0.15, 0.2) is 12.1 Å². The number of carbonyl (C=O) groups is 1. The highest BCUT2D eigenvalue weighted by Crippen LogP contribution is 2.10. The molecular formula is C15H11NO. The van der Waals surface area contributed by atoms with Crippen molar-refractivity contribution in [2.24, 2.45) is 0 Å². The molecule has 0 fully saturated rings. The number of nitrogens with zero attached hydrogens (tertiary/aromatic N) is 1. The molecular weight excluding hydrogens is 210 g/mol. The van der Waals surface area contributed by atoms with Crippen LogP contribution in [0.5, 0.6) is 0 Å². The molecule has 2 heteroatoms. The van der Waals surface area contributed by atoms with Crippen molar-refractivity contribution < 1.29 is 4.79 Å². The van der Waals surface area contributed by atoms with Crippen LogP contribution < -0.4 is 0 Å². The summed E-state index contributed by atoms with van der Waals surface area (Å²) < 4.78 is 0. The molecule has 82 valence electrons. The van der Waals surface area contributed by atoms with Crippen molar-refractivity contribution in [2.45, 2.75) is 19.3 Å². The summed E-state index contributed by atoms with van der Waals surface area (Å²) in [5, 5.41) is 0. The highest BCUT2D eigenvalue weighted by atomic mass is 16.1. The van der Waals surface area contributed by atoms with Gasteiger partial charge in [-0.1, -0.05) is 11.8 Å². The van der Waals surface area contributed by atoms with Gasteiger partial charge in [-0.2, -0.15) is 0 Å². The third-order valence-electron chi connectivity index (χ3n) is 2.17. The third-order valence-corrected chi connectivity index (χ3v) is 2.17. The number of hydrogen-bond acceptors (Lipinski definition) is 2. The number of rotatable bonds is 4. The Labute approximate surface area is 101 Å². The molecule has 0 saturated carbocycles.